The minimum absolute atomic E-state index is 0.622. The SMILES string of the molecule is COc1cc(NCc2csc(Br)c2)ccc1Cl. The Bertz CT molecular complexity index is 515. The van der Waals surface area contributed by atoms with Crippen LogP contribution in [0.25, 0.3) is 0 Å². The van der Waals surface area contributed by atoms with Gasteiger partial charge in [0.1, 0.15) is 5.75 Å². The van der Waals surface area contributed by atoms with Crippen LogP contribution in [-0.4, -0.2) is 7.11 Å². The van der Waals surface area contributed by atoms with Crippen molar-refractivity contribution in [2.24, 2.45) is 0 Å². The number of thiophene rings is 1. The summed E-state index contributed by atoms with van der Waals surface area (Å²) in [6.07, 6.45) is 0. The van der Waals surface area contributed by atoms with Gasteiger partial charge in [-0.2, -0.15) is 0 Å². The van der Waals surface area contributed by atoms with Gasteiger partial charge in [0.05, 0.1) is 15.9 Å². The minimum Gasteiger partial charge on any atom is -0.495 e. The Kier molecular flexibility index (Phi) is 4.31. The van der Waals surface area contributed by atoms with Crippen LogP contribution in [-0.2, 0) is 6.54 Å². The van der Waals surface area contributed by atoms with E-state index in [1.54, 1.807) is 18.4 Å². The summed E-state index contributed by atoms with van der Waals surface area (Å²) in [6, 6.07) is 7.76. The second-order valence-electron chi connectivity index (χ2n) is 3.46. The van der Waals surface area contributed by atoms with Crippen molar-refractivity contribution in [2.75, 3.05) is 12.4 Å². The second kappa shape index (κ2) is 5.76. The first-order valence-electron chi connectivity index (χ1n) is 4.99. The lowest BCUT2D eigenvalue weighted by atomic mass is 10.2. The van der Waals surface area contributed by atoms with E-state index < -0.39 is 0 Å². The van der Waals surface area contributed by atoms with E-state index >= 15 is 0 Å². The van der Waals surface area contributed by atoms with Crippen molar-refractivity contribution in [2.45, 2.75) is 6.54 Å². The first-order valence-corrected chi connectivity index (χ1v) is 7.04. The zero-order chi connectivity index (χ0) is 12.3. The van der Waals surface area contributed by atoms with E-state index in [0.717, 1.165) is 16.0 Å². The van der Waals surface area contributed by atoms with Gasteiger partial charge in [-0.15, -0.1) is 11.3 Å². The summed E-state index contributed by atoms with van der Waals surface area (Å²) < 4.78 is 6.31. The van der Waals surface area contributed by atoms with Gasteiger partial charge in [0.2, 0.25) is 0 Å². The lowest BCUT2D eigenvalue weighted by molar-refractivity contribution is 0.415. The Labute approximate surface area is 118 Å². The molecule has 1 aromatic carbocycles. The van der Waals surface area contributed by atoms with Crippen molar-refractivity contribution in [3.05, 3.63) is 44.0 Å². The highest BCUT2D eigenvalue weighted by Gasteiger charge is 2.02. The first-order chi connectivity index (χ1) is 8.19. The largest absolute Gasteiger partial charge is 0.495 e. The first kappa shape index (κ1) is 12.7. The van der Waals surface area contributed by atoms with E-state index in [4.69, 9.17) is 16.3 Å². The summed E-state index contributed by atoms with van der Waals surface area (Å²) in [5, 5.41) is 6.06. The fourth-order valence-corrected chi connectivity index (χ4v) is 2.82. The number of anilines is 1. The maximum absolute atomic E-state index is 5.96. The van der Waals surface area contributed by atoms with Gasteiger partial charge < -0.3 is 10.1 Å². The number of rotatable bonds is 4. The van der Waals surface area contributed by atoms with Gasteiger partial charge in [0, 0.05) is 18.3 Å². The zero-order valence-electron chi connectivity index (χ0n) is 9.17. The molecule has 1 heterocycles. The van der Waals surface area contributed by atoms with Crippen molar-refractivity contribution in [1.29, 1.82) is 0 Å². The molecule has 0 bridgehead atoms. The Morgan fingerprint density at radius 2 is 2.24 bits per heavy atom. The molecule has 5 heteroatoms. The van der Waals surface area contributed by atoms with Gasteiger partial charge in [-0.25, -0.2) is 0 Å². The summed E-state index contributed by atoms with van der Waals surface area (Å²) in [7, 11) is 1.61. The molecule has 0 aliphatic rings. The summed E-state index contributed by atoms with van der Waals surface area (Å²) in [4.78, 5) is 0. The van der Waals surface area contributed by atoms with E-state index in [-0.39, 0.29) is 0 Å². The molecule has 2 rings (SSSR count). The van der Waals surface area contributed by atoms with Crippen LogP contribution < -0.4 is 10.1 Å². The zero-order valence-corrected chi connectivity index (χ0v) is 12.3. The molecule has 2 nitrogen and oxygen atoms in total. The molecule has 0 saturated carbocycles. The molecule has 0 fully saturated rings. The topological polar surface area (TPSA) is 21.3 Å². The number of methoxy groups -OCH3 is 1. The number of halogens is 2. The molecule has 0 aliphatic carbocycles. The fraction of sp³-hybridized carbons (Fsp3) is 0.167. The second-order valence-corrected chi connectivity index (χ2v) is 6.16. The van der Waals surface area contributed by atoms with E-state index in [2.05, 4.69) is 32.7 Å². The molecule has 0 saturated heterocycles. The standard InChI is InChI=1S/C12H11BrClNOS/c1-16-11-5-9(2-3-10(11)14)15-6-8-4-12(13)17-7-8/h2-5,7,15H,6H2,1H3. The van der Waals surface area contributed by atoms with Gasteiger partial charge in [-0.1, -0.05) is 11.6 Å². The molecule has 90 valence electrons. The van der Waals surface area contributed by atoms with Gasteiger partial charge in [-0.3, -0.25) is 0 Å². The maximum atomic E-state index is 5.96. The quantitative estimate of drug-likeness (QED) is 0.869. The Morgan fingerprint density at radius 1 is 1.41 bits per heavy atom. The molecule has 0 spiro atoms. The molecule has 2 aromatic rings. The normalized spacial score (nSPS) is 10.3. The minimum atomic E-state index is 0.622. The van der Waals surface area contributed by atoms with Crippen LogP contribution in [0.15, 0.2) is 33.4 Å². The summed E-state index contributed by atoms with van der Waals surface area (Å²) in [5.41, 5.74) is 2.24. The average molecular weight is 333 g/mol. The third-order valence-electron chi connectivity index (χ3n) is 2.27. The average Bonchev–Trinajstić information content (AvgIpc) is 2.74. The summed E-state index contributed by atoms with van der Waals surface area (Å²) >= 11 is 11.1. The van der Waals surface area contributed by atoms with Crippen LogP contribution in [0.3, 0.4) is 0 Å². The fourth-order valence-electron chi connectivity index (χ4n) is 1.41. The smallest absolute Gasteiger partial charge is 0.139 e. The van der Waals surface area contributed by atoms with Crippen LogP contribution >= 0.6 is 38.9 Å². The number of nitrogens with one attached hydrogen (secondary N) is 1. The molecular weight excluding hydrogens is 322 g/mol. The maximum Gasteiger partial charge on any atom is 0.139 e. The lowest BCUT2D eigenvalue weighted by Crippen LogP contribution is -1.98. The Hall–Kier alpha value is -0.710. The van der Waals surface area contributed by atoms with E-state index in [1.807, 2.05) is 18.2 Å². The van der Waals surface area contributed by atoms with E-state index in [0.29, 0.717) is 10.8 Å². The van der Waals surface area contributed by atoms with Crippen molar-refractivity contribution in [3.8, 4) is 5.75 Å². The molecule has 0 aliphatic heterocycles. The highest BCUT2D eigenvalue weighted by Crippen LogP contribution is 2.28. The Morgan fingerprint density at radius 3 is 2.88 bits per heavy atom. The van der Waals surface area contributed by atoms with Gasteiger partial charge in [-0.05, 0) is 45.1 Å². The highest BCUT2D eigenvalue weighted by molar-refractivity contribution is 9.11. The van der Waals surface area contributed by atoms with Crippen LogP contribution in [0.5, 0.6) is 5.75 Å². The van der Waals surface area contributed by atoms with E-state index in [9.17, 15) is 0 Å². The predicted octanol–water partition coefficient (Wildman–Crippen LogP) is 4.78. The molecule has 0 atom stereocenters. The predicted molar refractivity (Wildman–Crippen MR) is 77.3 cm³/mol. The van der Waals surface area contributed by atoms with Crippen molar-refractivity contribution in [3.63, 3.8) is 0 Å². The number of ether oxygens (including phenoxy) is 1. The van der Waals surface area contributed by atoms with Crippen LogP contribution in [0.2, 0.25) is 5.02 Å². The highest BCUT2D eigenvalue weighted by atomic mass is 79.9. The van der Waals surface area contributed by atoms with Crippen LogP contribution in [0.1, 0.15) is 5.56 Å². The van der Waals surface area contributed by atoms with Crippen LogP contribution in [0.4, 0.5) is 5.69 Å². The monoisotopic (exact) mass is 331 g/mol. The summed E-state index contributed by atoms with van der Waals surface area (Å²) in [6.45, 7) is 0.785. The summed E-state index contributed by atoms with van der Waals surface area (Å²) in [5.74, 6) is 0.683. The molecule has 1 aromatic heterocycles. The van der Waals surface area contributed by atoms with Gasteiger partial charge in [0.25, 0.3) is 0 Å². The Balaban J connectivity index is 2.04. The number of hydrogen-bond donors (Lipinski definition) is 1. The molecular formula is C12H11BrClNOS. The third-order valence-corrected chi connectivity index (χ3v) is 4.14. The lowest BCUT2D eigenvalue weighted by Gasteiger charge is -2.08. The molecule has 0 amide bonds. The molecule has 0 unspecified atom stereocenters. The van der Waals surface area contributed by atoms with Gasteiger partial charge in [0.15, 0.2) is 0 Å². The van der Waals surface area contributed by atoms with Crippen LogP contribution in [0, 0.1) is 0 Å². The van der Waals surface area contributed by atoms with Gasteiger partial charge >= 0.3 is 0 Å². The van der Waals surface area contributed by atoms with Crippen molar-refractivity contribution < 1.29 is 4.74 Å². The van der Waals surface area contributed by atoms with E-state index in [1.165, 1.54) is 5.56 Å². The molecule has 17 heavy (non-hydrogen) atoms. The molecule has 1 N–H and O–H groups in total. The number of benzene rings is 1. The van der Waals surface area contributed by atoms with Crippen molar-refractivity contribution >= 4 is 44.6 Å². The number of hydrogen-bond acceptors (Lipinski definition) is 3. The third kappa shape index (κ3) is 3.37. The van der Waals surface area contributed by atoms with Crippen molar-refractivity contribution in [1.82, 2.24) is 0 Å². The molecule has 0 radical (unpaired) electrons.